The highest BCUT2D eigenvalue weighted by atomic mass is 16.7. The molecule has 0 radical (unpaired) electrons. The molecule has 0 aliphatic carbocycles. The first-order chi connectivity index (χ1) is 4.31. The maximum atomic E-state index is 10.2. The molecule has 0 aromatic carbocycles. The van der Waals surface area contributed by atoms with E-state index in [-0.39, 0.29) is 0 Å². The zero-order valence-electron chi connectivity index (χ0n) is 5.64. The van der Waals surface area contributed by atoms with E-state index in [1.807, 2.05) is 6.92 Å². The Kier molecular flexibility index (Phi) is 4.91. The molecule has 4 nitrogen and oxygen atoms in total. The summed E-state index contributed by atoms with van der Waals surface area (Å²) in [5.41, 5.74) is 2.07. The van der Waals surface area contributed by atoms with Gasteiger partial charge in [-0.1, -0.05) is 6.92 Å². The van der Waals surface area contributed by atoms with Crippen molar-refractivity contribution in [3.05, 3.63) is 0 Å². The second-order valence-corrected chi connectivity index (χ2v) is 1.44. The van der Waals surface area contributed by atoms with Crippen LogP contribution in [-0.2, 0) is 9.57 Å². The number of ether oxygens (including phenoxy) is 1. The lowest BCUT2D eigenvalue weighted by Gasteiger charge is -2.00. The van der Waals surface area contributed by atoms with E-state index < -0.39 is 6.09 Å². The Morgan fingerprint density at radius 2 is 2.33 bits per heavy atom. The SMILES string of the molecule is CCCONC(=O)OC. The highest BCUT2D eigenvalue weighted by molar-refractivity contribution is 5.65. The van der Waals surface area contributed by atoms with Crippen LogP contribution in [0.15, 0.2) is 0 Å². The Balaban J connectivity index is 2.97. The molecule has 1 N–H and O–H groups in total. The zero-order valence-corrected chi connectivity index (χ0v) is 5.64. The van der Waals surface area contributed by atoms with Gasteiger partial charge in [0.25, 0.3) is 0 Å². The van der Waals surface area contributed by atoms with Gasteiger partial charge in [0, 0.05) is 0 Å². The van der Waals surface area contributed by atoms with E-state index in [9.17, 15) is 4.79 Å². The van der Waals surface area contributed by atoms with Gasteiger partial charge < -0.3 is 4.74 Å². The highest BCUT2D eigenvalue weighted by Crippen LogP contribution is 1.76. The van der Waals surface area contributed by atoms with E-state index >= 15 is 0 Å². The third-order valence-electron chi connectivity index (χ3n) is 0.647. The summed E-state index contributed by atoms with van der Waals surface area (Å²) in [7, 11) is 1.28. The van der Waals surface area contributed by atoms with Crippen molar-refractivity contribution < 1.29 is 14.4 Å². The van der Waals surface area contributed by atoms with Crippen LogP contribution in [0.1, 0.15) is 13.3 Å². The Bertz CT molecular complexity index is 84.3. The molecule has 0 saturated carbocycles. The molecule has 0 fully saturated rings. The summed E-state index contributed by atoms with van der Waals surface area (Å²) in [6, 6.07) is 0. The summed E-state index contributed by atoms with van der Waals surface area (Å²) in [4.78, 5) is 14.8. The van der Waals surface area contributed by atoms with Crippen LogP contribution in [0.25, 0.3) is 0 Å². The molecule has 4 heteroatoms. The molecule has 1 amide bonds. The van der Waals surface area contributed by atoms with Gasteiger partial charge in [-0.05, 0) is 6.42 Å². The van der Waals surface area contributed by atoms with Crippen molar-refractivity contribution in [3.8, 4) is 0 Å². The van der Waals surface area contributed by atoms with Gasteiger partial charge in [0.15, 0.2) is 0 Å². The van der Waals surface area contributed by atoms with Crippen LogP contribution in [0.4, 0.5) is 4.79 Å². The van der Waals surface area contributed by atoms with Gasteiger partial charge in [0.1, 0.15) is 0 Å². The average Bonchev–Trinajstić information content (AvgIpc) is 1.89. The van der Waals surface area contributed by atoms with Gasteiger partial charge in [-0.15, -0.1) is 0 Å². The maximum absolute atomic E-state index is 10.2. The molecule has 0 rings (SSSR count). The molecule has 0 unspecified atom stereocenters. The molecular formula is C5H11NO3. The van der Waals surface area contributed by atoms with Crippen molar-refractivity contribution in [2.75, 3.05) is 13.7 Å². The first-order valence-electron chi connectivity index (χ1n) is 2.77. The fourth-order valence-corrected chi connectivity index (χ4v) is 0.254. The fraction of sp³-hybridized carbons (Fsp3) is 0.800. The van der Waals surface area contributed by atoms with Gasteiger partial charge in [0.2, 0.25) is 0 Å². The van der Waals surface area contributed by atoms with E-state index in [2.05, 4.69) is 15.1 Å². The molecule has 0 aliphatic rings. The molecule has 0 aliphatic heterocycles. The fourth-order valence-electron chi connectivity index (χ4n) is 0.254. The number of amides is 1. The van der Waals surface area contributed by atoms with E-state index in [4.69, 9.17) is 0 Å². The van der Waals surface area contributed by atoms with Crippen molar-refractivity contribution in [3.63, 3.8) is 0 Å². The smallest absolute Gasteiger partial charge is 0.431 e. The van der Waals surface area contributed by atoms with Gasteiger partial charge in [-0.3, -0.25) is 4.84 Å². The molecule has 0 atom stereocenters. The van der Waals surface area contributed by atoms with Crippen LogP contribution in [0, 0.1) is 0 Å². The third-order valence-corrected chi connectivity index (χ3v) is 0.647. The molecule has 0 saturated heterocycles. The maximum Gasteiger partial charge on any atom is 0.431 e. The van der Waals surface area contributed by atoms with Crippen LogP contribution >= 0.6 is 0 Å². The second kappa shape index (κ2) is 5.37. The lowest BCUT2D eigenvalue weighted by atomic mass is 10.5. The molecule has 9 heavy (non-hydrogen) atoms. The number of hydroxylamine groups is 1. The van der Waals surface area contributed by atoms with Gasteiger partial charge >= 0.3 is 6.09 Å². The monoisotopic (exact) mass is 133 g/mol. The standard InChI is InChI=1S/C5H11NO3/c1-3-4-9-6-5(7)8-2/h3-4H2,1-2H3,(H,6,7). The van der Waals surface area contributed by atoms with Crippen molar-refractivity contribution in [2.45, 2.75) is 13.3 Å². The molecule has 0 bridgehead atoms. The minimum absolute atomic E-state index is 0.509. The van der Waals surface area contributed by atoms with Crippen molar-refractivity contribution in [1.82, 2.24) is 5.48 Å². The average molecular weight is 133 g/mol. The first-order valence-corrected chi connectivity index (χ1v) is 2.77. The van der Waals surface area contributed by atoms with Crippen LogP contribution < -0.4 is 5.48 Å². The lowest BCUT2D eigenvalue weighted by Crippen LogP contribution is -2.23. The Morgan fingerprint density at radius 1 is 1.67 bits per heavy atom. The molecule has 0 aromatic rings. The second-order valence-electron chi connectivity index (χ2n) is 1.44. The van der Waals surface area contributed by atoms with E-state index in [0.717, 1.165) is 6.42 Å². The minimum Gasteiger partial charge on any atom is -0.451 e. The molecule has 0 spiro atoms. The largest absolute Gasteiger partial charge is 0.451 e. The number of nitrogens with one attached hydrogen (secondary N) is 1. The van der Waals surface area contributed by atoms with E-state index in [1.54, 1.807) is 0 Å². The zero-order chi connectivity index (χ0) is 7.11. The van der Waals surface area contributed by atoms with Crippen molar-refractivity contribution in [2.24, 2.45) is 0 Å². The minimum atomic E-state index is -0.566. The molecular weight excluding hydrogens is 122 g/mol. The van der Waals surface area contributed by atoms with Crippen LogP contribution in [0.5, 0.6) is 0 Å². The van der Waals surface area contributed by atoms with Crippen LogP contribution in [0.2, 0.25) is 0 Å². The Labute approximate surface area is 54.1 Å². The molecule has 0 heterocycles. The number of hydrogen-bond acceptors (Lipinski definition) is 3. The predicted molar refractivity (Wildman–Crippen MR) is 31.8 cm³/mol. The summed E-state index contributed by atoms with van der Waals surface area (Å²) < 4.78 is 4.22. The summed E-state index contributed by atoms with van der Waals surface area (Å²) in [5.74, 6) is 0. The van der Waals surface area contributed by atoms with Crippen molar-refractivity contribution >= 4 is 6.09 Å². The van der Waals surface area contributed by atoms with Gasteiger partial charge in [0.05, 0.1) is 13.7 Å². The number of methoxy groups -OCH3 is 1. The quantitative estimate of drug-likeness (QED) is 0.455. The number of hydrogen-bond donors (Lipinski definition) is 1. The van der Waals surface area contributed by atoms with Crippen LogP contribution in [0.3, 0.4) is 0 Å². The third kappa shape index (κ3) is 5.10. The first kappa shape index (κ1) is 8.23. The van der Waals surface area contributed by atoms with E-state index in [0.29, 0.717) is 6.61 Å². The van der Waals surface area contributed by atoms with E-state index in [1.165, 1.54) is 7.11 Å². The van der Waals surface area contributed by atoms with Gasteiger partial charge in [-0.25, -0.2) is 4.79 Å². The summed E-state index contributed by atoms with van der Waals surface area (Å²) in [6.45, 7) is 2.45. The lowest BCUT2D eigenvalue weighted by molar-refractivity contribution is 0.0356. The Hall–Kier alpha value is -0.770. The molecule has 54 valence electrons. The Morgan fingerprint density at radius 3 is 2.78 bits per heavy atom. The number of rotatable bonds is 3. The molecule has 0 aromatic heterocycles. The highest BCUT2D eigenvalue weighted by Gasteiger charge is 1.93. The number of carbonyl (C=O) groups is 1. The van der Waals surface area contributed by atoms with Crippen LogP contribution in [-0.4, -0.2) is 19.8 Å². The van der Waals surface area contributed by atoms with Crippen molar-refractivity contribution in [1.29, 1.82) is 0 Å². The number of carbonyl (C=O) groups excluding carboxylic acids is 1. The summed E-state index contributed by atoms with van der Waals surface area (Å²) in [6.07, 6.45) is 0.299. The summed E-state index contributed by atoms with van der Waals surface area (Å²) >= 11 is 0. The topological polar surface area (TPSA) is 47.6 Å². The van der Waals surface area contributed by atoms with Gasteiger partial charge in [-0.2, -0.15) is 5.48 Å². The summed E-state index contributed by atoms with van der Waals surface area (Å²) in [5, 5.41) is 0. The normalized spacial score (nSPS) is 8.67. The predicted octanol–water partition coefficient (Wildman–Crippen LogP) is 0.684.